The molecule has 0 bridgehead atoms. The van der Waals surface area contributed by atoms with Gasteiger partial charge >= 0.3 is 6.18 Å². The van der Waals surface area contributed by atoms with Gasteiger partial charge in [0.05, 0.1) is 0 Å². The van der Waals surface area contributed by atoms with Crippen LogP contribution >= 0.6 is 11.6 Å². The minimum atomic E-state index is -4.50. The average Bonchev–Trinajstić information content (AvgIpc) is 3.15. The molecule has 9 heteroatoms. The van der Waals surface area contributed by atoms with Crippen molar-refractivity contribution in [1.82, 2.24) is 15.0 Å². The minimum Gasteiger partial charge on any atom is -0.354 e. The van der Waals surface area contributed by atoms with Crippen molar-refractivity contribution in [2.45, 2.75) is 25.9 Å². The van der Waals surface area contributed by atoms with Crippen LogP contribution in [0.25, 0.3) is 0 Å². The van der Waals surface area contributed by atoms with E-state index in [0.29, 0.717) is 12.5 Å². The molecule has 1 saturated carbocycles. The number of nitrogens with zero attached hydrogens (tertiary/aromatic N) is 3. The van der Waals surface area contributed by atoms with Crippen LogP contribution in [-0.4, -0.2) is 27.7 Å². The van der Waals surface area contributed by atoms with E-state index in [1.54, 1.807) is 0 Å². The van der Waals surface area contributed by atoms with Crippen molar-refractivity contribution < 1.29 is 13.2 Å². The topological polar surface area (TPSA) is 62.7 Å². The van der Waals surface area contributed by atoms with E-state index < -0.39 is 11.9 Å². The van der Waals surface area contributed by atoms with Crippen LogP contribution in [-0.2, 0) is 0 Å². The number of rotatable bonds is 5. The van der Waals surface area contributed by atoms with E-state index in [1.807, 2.05) is 0 Å². The standard InChI is InChI=1S/C11H13ClF3N5/c1-2-7(11(13,14)15)17-10-19-8(12)18-9(20-10)16-5-6-3-4-6/h2,6H,3-5H2,1H3,(H2,16,17,18,19,20). The first-order valence-electron chi connectivity index (χ1n) is 6.04. The van der Waals surface area contributed by atoms with Gasteiger partial charge in [-0.25, -0.2) is 0 Å². The van der Waals surface area contributed by atoms with Gasteiger partial charge in [-0.15, -0.1) is 0 Å². The zero-order valence-corrected chi connectivity index (χ0v) is 11.4. The second kappa shape index (κ2) is 5.82. The summed E-state index contributed by atoms with van der Waals surface area (Å²) in [6, 6.07) is 0. The molecule has 0 aromatic carbocycles. The molecule has 0 unspecified atom stereocenters. The second-order valence-electron chi connectivity index (χ2n) is 4.40. The van der Waals surface area contributed by atoms with Crippen LogP contribution in [0, 0.1) is 5.92 Å². The summed E-state index contributed by atoms with van der Waals surface area (Å²) in [5.74, 6) is 0.494. The smallest absolute Gasteiger partial charge is 0.354 e. The Labute approximate surface area is 118 Å². The van der Waals surface area contributed by atoms with E-state index in [0.717, 1.165) is 18.9 Å². The van der Waals surface area contributed by atoms with Crippen molar-refractivity contribution in [3.05, 3.63) is 17.1 Å². The zero-order valence-electron chi connectivity index (χ0n) is 10.6. The van der Waals surface area contributed by atoms with Crippen LogP contribution in [0.15, 0.2) is 11.8 Å². The average molecular weight is 308 g/mol. The largest absolute Gasteiger partial charge is 0.431 e. The predicted molar refractivity (Wildman–Crippen MR) is 69.5 cm³/mol. The van der Waals surface area contributed by atoms with E-state index in [4.69, 9.17) is 11.6 Å². The normalized spacial score (nSPS) is 16.1. The monoisotopic (exact) mass is 307 g/mol. The molecule has 1 aliphatic carbocycles. The van der Waals surface area contributed by atoms with Gasteiger partial charge in [-0.2, -0.15) is 28.1 Å². The predicted octanol–water partition coefficient (Wildman–Crippen LogP) is 3.22. The first-order chi connectivity index (χ1) is 9.38. The second-order valence-corrected chi connectivity index (χ2v) is 4.74. The van der Waals surface area contributed by atoms with Gasteiger partial charge in [0.2, 0.25) is 17.2 Å². The summed E-state index contributed by atoms with van der Waals surface area (Å²) < 4.78 is 37.9. The van der Waals surface area contributed by atoms with Crippen molar-refractivity contribution in [3.63, 3.8) is 0 Å². The van der Waals surface area contributed by atoms with Gasteiger partial charge in [-0.1, -0.05) is 6.08 Å². The number of allylic oxidation sites excluding steroid dienone is 2. The maximum Gasteiger partial charge on any atom is 0.431 e. The summed E-state index contributed by atoms with van der Waals surface area (Å²) in [5.41, 5.74) is -0.951. The third-order valence-electron chi connectivity index (χ3n) is 2.69. The lowest BCUT2D eigenvalue weighted by atomic mass is 10.4. The fourth-order valence-electron chi connectivity index (χ4n) is 1.47. The van der Waals surface area contributed by atoms with Crippen LogP contribution in [0.5, 0.6) is 0 Å². The van der Waals surface area contributed by atoms with Crippen molar-refractivity contribution in [2.24, 2.45) is 5.92 Å². The zero-order chi connectivity index (χ0) is 14.8. The van der Waals surface area contributed by atoms with E-state index in [-0.39, 0.29) is 17.2 Å². The molecule has 1 fully saturated rings. The molecule has 1 aromatic heterocycles. The quantitative estimate of drug-likeness (QED) is 0.874. The third kappa shape index (κ3) is 4.22. The van der Waals surface area contributed by atoms with Gasteiger partial charge in [0, 0.05) is 6.54 Å². The maximum absolute atomic E-state index is 12.6. The summed E-state index contributed by atoms with van der Waals surface area (Å²) >= 11 is 5.68. The summed E-state index contributed by atoms with van der Waals surface area (Å²) in [6.45, 7) is 1.94. The molecule has 5 nitrogen and oxygen atoms in total. The van der Waals surface area contributed by atoms with E-state index in [9.17, 15) is 13.2 Å². The summed E-state index contributed by atoms with van der Waals surface area (Å²) in [6.07, 6.45) is -1.34. The lowest BCUT2D eigenvalue weighted by molar-refractivity contribution is -0.0904. The molecule has 20 heavy (non-hydrogen) atoms. The Balaban J connectivity index is 2.10. The molecule has 1 aromatic rings. The van der Waals surface area contributed by atoms with Crippen molar-refractivity contribution in [1.29, 1.82) is 0 Å². The van der Waals surface area contributed by atoms with Crippen LogP contribution in [0.3, 0.4) is 0 Å². The van der Waals surface area contributed by atoms with Crippen LogP contribution < -0.4 is 10.6 Å². The number of halogens is 4. The number of anilines is 2. The van der Waals surface area contributed by atoms with Crippen LogP contribution in [0.1, 0.15) is 19.8 Å². The van der Waals surface area contributed by atoms with Gasteiger partial charge in [0.25, 0.3) is 0 Å². The van der Waals surface area contributed by atoms with Gasteiger partial charge in [0.1, 0.15) is 5.70 Å². The number of alkyl halides is 3. The molecule has 2 rings (SSSR count). The molecule has 0 aliphatic heterocycles. The number of nitrogens with one attached hydrogen (secondary N) is 2. The fourth-order valence-corrected chi connectivity index (χ4v) is 1.63. The van der Waals surface area contributed by atoms with Gasteiger partial charge < -0.3 is 10.6 Å². The summed E-state index contributed by atoms with van der Waals surface area (Å²) in [5, 5.41) is 4.86. The molecule has 0 saturated heterocycles. The Kier molecular flexibility index (Phi) is 4.32. The van der Waals surface area contributed by atoms with Crippen LogP contribution in [0.4, 0.5) is 25.1 Å². The van der Waals surface area contributed by atoms with Gasteiger partial charge in [-0.05, 0) is 37.3 Å². The number of aromatic nitrogens is 3. The third-order valence-corrected chi connectivity index (χ3v) is 2.86. The SMILES string of the molecule is CC=C(Nc1nc(Cl)nc(NCC2CC2)n1)C(F)(F)F. The Hall–Kier alpha value is -1.57. The first-order valence-corrected chi connectivity index (χ1v) is 6.42. The minimum absolute atomic E-state index is 0.164. The molecule has 1 heterocycles. The number of hydrogen-bond donors (Lipinski definition) is 2. The Bertz CT molecular complexity index is 513. The van der Waals surface area contributed by atoms with E-state index >= 15 is 0 Å². The van der Waals surface area contributed by atoms with Crippen LogP contribution in [0.2, 0.25) is 5.28 Å². The summed E-state index contributed by atoms with van der Waals surface area (Å²) in [4.78, 5) is 11.3. The first kappa shape index (κ1) is 14.8. The Morgan fingerprint density at radius 2 is 1.95 bits per heavy atom. The molecule has 0 radical (unpaired) electrons. The van der Waals surface area contributed by atoms with Gasteiger partial charge in [0.15, 0.2) is 0 Å². The highest BCUT2D eigenvalue weighted by molar-refractivity contribution is 6.28. The Morgan fingerprint density at radius 3 is 2.50 bits per heavy atom. The molecule has 110 valence electrons. The highest BCUT2D eigenvalue weighted by Crippen LogP contribution is 2.29. The molecule has 1 aliphatic rings. The highest BCUT2D eigenvalue weighted by Gasteiger charge is 2.34. The van der Waals surface area contributed by atoms with Gasteiger partial charge in [-0.3, -0.25) is 0 Å². The molecule has 0 atom stereocenters. The van der Waals surface area contributed by atoms with Crippen molar-refractivity contribution in [2.75, 3.05) is 17.2 Å². The van der Waals surface area contributed by atoms with Crippen molar-refractivity contribution in [3.8, 4) is 0 Å². The van der Waals surface area contributed by atoms with E-state index in [1.165, 1.54) is 6.92 Å². The Morgan fingerprint density at radius 1 is 1.30 bits per heavy atom. The highest BCUT2D eigenvalue weighted by atomic mass is 35.5. The lowest BCUT2D eigenvalue weighted by Crippen LogP contribution is -2.20. The number of hydrogen-bond acceptors (Lipinski definition) is 5. The molecule has 2 N–H and O–H groups in total. The molecule has 0 spiro atoms. The van der Waals surface area contributed by atoms with E-state index in [2.05, 4.69) is 25.6 Å². The van der Waals surface area contributed by atoms with Crippen molar-refractivity contribution >= 4 is 23.5 Å². The fraction of sp³-hybridized carbons (Fsp3) is 0.545. The molecular weight excluding hydrogens is 295 g/mol. The maximum atomic E-state index is 12.6. The molecule has 0 amide bonds. The molecular formula is C11H13ClF3N5. The lowest BCUT2D eigenvalue weighted by Gasteiger charge is -2.13. The summed E-state index contributed by atoms with van der Waals surface area (Å²) in [7, 11) is 0.